The first kappa shape index (κ1) is 26.2. The second-order valence-electron chi connectivity index (χ2n) is 8.22. The van der Waals surface area contributed by atoms with Gasteiger partial charge in [0.1, 0.15) is 5.75 Å². The van der Waals surface area contributed by atoms with E-state index in [2.05, 4.69) is 10.6 Å². The molecule has 0 aliphatic heterocycles. The van der Waals surface area contributed by atoms with Crippen LogP contribution in [0.1, 0.15) is 66.4 Å². The fraction of sp³-hybridized carbons (Fsp3) is 0.542. The molecular weight excluding hydrogens is 396 g/mol. The fourth-order valence-electron chi connectivity index (χ4n) is 2.76. The van der Waals surface area contributed by atoms with Crippen LogP contribution in [0.25, 0.3) is 6.08 Å². The highest BCUT2D eigenvalue weighted by Crippen LogP contribution is 2.30. The maximum Gasteiger partial charge on any atom is 0.305 e. The lowest BCUT2D eigenvalue weighted by molar-refractivity contribution is -0.143. The zero-order chi connectivity index (χ0) is 23.4. The van der Waals surface area contributed by atoms with E-state index in [0.717, 1.165) is 6.42 Å². The number of ether oxygens (including phenoxy) is 2. The molecule has 1 aromatic carbocycles. The molecule has 0 bridgehead atoms. The van der Waals surface area contributed by atoms with Crippen molar-refractivity contribution in [2.75, 3.05) is 25.1 Å². The van der Waals surface area contributed by atoms with Gasteiger partial charge in [-0.15, -0.1) is 0 Å². The smallest absolute Gasteiger partial charge is 0.305 e. The molecule has 7 heteroatoms. The molecular formula is C24H36N2O5. The SMILES string of the molecule is CCCOC(=O)CCCNc1c(/C=C(\C(C)=O)C(=O)NC(C)(C)C)cccc1OCC. The Kier molecular flexibility index (Phi) is 10.8. The Bertz CT molecular complexity index is 794. The molecule has 31 heavy (non-hydrogen) atoms. The van der Waals surface area contributed by atoms with Gasteiger partial charge < -0.3 is 20.1 Å². The summed E-state index contributed by atoms with van der Waals surface area (Å²) >= 11 is 0. The topological polar surface area (TPSA) is 93.7 Å². The number of hydrogen-bond donors (Lipinski definition) is 2. The standard InChI is InChI=1S/C24H36N2O5/c1-7-15-31-21(28)13-10-14-25-22-18(11-9-12-20(22)30-8-2)16-19(17(3)27)23(29)26-24(4,5)6/h9,11-12,16,25H,7-8,10,13-15H2,1-6H3,(H,26,29)/b19-16+. The summed E-state index contributed by atoms with van der Waals surface area (Å²) in [6.45, 7) is 12.2. The van der Waals surface area contributed by atoms with Crippen LogP contribution in [-0.4, -0.2) is 43.0 Å². The van der Waals surface area contributed by atoms with Crippen LogP contribution in [-0.2, 0) is 19.1 Å². The molecule has 0 radical (unpaired) electrons. The number of Topliss-reactive ketones (excluding diaryl/α,β-unsaturated/α-hetero) is 1. The number of anilines is 1. The molecule has 0 fully saturated rings. The van der Waals surface area contributed by atoms with Crippen molar-refractivity contribution in [3.63, 3.8) is 0 Å². The molecule has 172 valence electrons. The van der Waals surface area contributed by atoms with E-state index in [1.165, 1.54) is 6.92 Å². The second kappa shape index (κ2) is 12.8. The average Bonchev–Trinajstić information content (AvgIpc) is 2.67. The molecule has 1 rings (SSSR count). The van der Waals surface area contributed by atoms with Crippen molar-refractivity contribution in [3.8, 4) is 5.75 Å². The Balaban J connectivity index is 3.09. The maximum absolute atomic E-state index is 12.6. The van der Waals surface area contributed by atoms with Crippen molar-refractivity contribution in [1.82, 2.24) is 5.32 Å². The Morgan fingerprint density at radius 2 is 1.84 bits per heavy atom. The molecule has 0 aliphatic rings. The quantitative estimate of drug-likeness (QED) is 0.170. The molecule has 0 aliphatic carbocycles. The molecule has 0 atom stereocenters. The van der Waals surface area contributed by atoms with Gasteiger partial charge in [0.05, 0.1) is 24.5 Å². The zero-order valence-corrected chi connectivity index (χ0v) is 19.6. The van der Waals surface area contributed by atoms with E-state index in [4.69, 9.17) is 9.47 Å². The lowest BCUT2D eigenvalue weighted by Gasteiger charge is -2.21. The first-order valence-electron chi connectivity index (χ1n) is 10.8. The van der Waals surface area contributed by atoms with Gasteiger partial charge in [-0.1, -0.05) is 19.1 Å². The molecule has 1 amide bonds. The van der Waals surface area contributed by atoms with Crippen LogP contribution in [0.2, 0.25) is 0 Å². The number of para-hydroxylation sites is 1. The normalized spacial score (nSPS) is 11.6. The van der Waals surface area contributed by atoms with Gasteiger partial charge in [0.2, 0.25) is 0 Å². The minimum absolute atomic E-state index is 0.0646. The molecule has 1 aromatic rings. The van der Waals surface area contributed by atoms with Crippen LogP contribution in [0.15, 0.2) is 23.8 Å². The van der Waals surface area contributed by atoms with E-state index in [1.54, 1.807) is 6.08 Å². The van der Waals surface area contributed by atoms with Gasteiger partial charge in [-0.2, -0.15) is 0 Å². The lowest BCUT2D eigenvalue weighted by Crippen LogP contribution is -2.42. The third-order valence-corrected chi connectivity index (χ3v) is 4.10. The van der Waals surface area contributed by atoms with Crippen molar-refractivity contribution in [2.24, 2.45) is 0 Å². The molecule has 7 nitrogen and oxygen atoms in total. The molecule has 0 spiro atoms. The van der Waals surface area contributed by atoms with Crippen LogP contribution >= 0.6 is 0 Å². The van der Waals surface area contributed by atoms with E-state index in [0.29, 0.717) is 49.6 Å². The van der Waals surface area contributed by atoms with E-state index in [-0.39, 0.29) is 17.3 Å². The van der Waals surface area contributed by atoms with Crippen molar-refractivity contribution in [3.05, 3.63) is 29.3 Å². The third kappa shape index (κ3) is 9.68. The van der Waals surface area contributed by atoms with Gasteiger partial charge in [-0.3, -0.25) is 14.4 Å². The van der Waals surface area contributed by atoms with Gasteiger partial charge in [0, 0.05) is 24.1 Å². The van der Waals surface area contributed by atoms with Gasteiger partial charge in [0.25, 0.3) is 5.91 Å². The maximum atomic E-state index is 12.6. The molecule has 0 saturated heterocycles. The van der Waals surface area contributed by atoms with Crippen LogP contribution < -0.4 is 15.4 Å². The monoisotopic (exact) mass is 432 g/mol. The van der Waals surface area contributed by atoms with Crippen molar-refractivity contribution in [2.45, 2.75) is 66.3 Å². The van der Waals surface area contributed by atoms with E-state index in [1.807, 2.05) is 52.8 Å². The number of esters is 1. The Hall–Kier alpha value is -2.83. The van der Waals surface area contributed by atoms with Crippen molar-refractivity contribution < 1.29 is 23.9 Å². The van der Waals surface area contributed by atoms with Crippen molar-refractivity contribution >= 4 is 29.4 Å². The molecule has 0 saturated carbocycles. The number of hydrogen-bond acceptors (Lipinski definition) is 6. The summed E-state index contributed by atoms with van der Waals surface area (Å²) < 4.78 is 10.8. The summed E-state index contributed by atoms with van der Waals surface area (Å²) in [6, 6.07) is 5.44. The van der Waals surface area contributed by atoms with Gasteiger partial charge in [-0.25, -0.2) is 0 Å². The number of carbonyl (C=O) groups excluding carboxylic acids is 3. The summed E-state index contributed by atoms with van der Waals surface area (Å²) in [6.07, 6.45) is 3.25. The third-order valence-electron chi connectivity index (χ3n) is 4.10. The van der Waals surface area contributed by atoms with Gasteiger partial charge >= 0.3 is 5.97 Å². The predicted octanol–water partition coefficient (Wildman–Crippen LogP) is 4.12. The fourth-order valence-corrected chi connectivity index (χ4v) is 2.76. The largest absolute Gasteiger partial charge is 0.492 e. The Labute approximate surface area is 185 Å². The number of ketones is 1. The molecule has 0 aromatic heterocycles. The summed E-state index contributed by atoms with van der Waals surface area (Å²) in [4.78, 5) is 36.5. The van der Waals surface area contributed by atoms with Gasteiger partial charge in [0.15, 0.2) is 5.78 Å². The molecule has 2 N–H and O–H groups in total. The highest BCUT2D eigenvalue weighted by Gasteiger charge is 2.21. The lowest BCUT2D eigenvalue weighted by atomic mass is 10.0. The Morgan fingerprint density at radius 3 is 2.42 bits per heavy atom. The van der Waals surface area contributed by atoms with Crippen LogP contribution in [0.3, 0.4) is 0 Å². The summed E-state index contributed by atoms with van der Waals surface area (Å²) in [5.74, 6) is -0.358. The van der Waals surface area contributed by atoms with Gasteiger partial charge in [-0.05, 0) is 59.6 Å². The van der Waals surface area contributed by atoms with Crippen molar-refractivity contribution in [1.29, 1.82) is 0 Å². The molecule has 0 heterocycles. The Morgan fingerprint density at radius 1 is 1.13 bits per heavy atom. The summed E-state index contributed by atoms with van der Waals surface area (Å²) in [5, 5.41) is 6.12. The number of benzene rings is 1. The van der Waals surface area contributed by atoms with Crippen LogP contribution in [0.5, 0.6) is 5.75 Å². The summed E-state index contributed by atoms with van der Waals surface area (Å²) in [7, 11) is 0. The second-order valence-corrected chi connectivity index (χ2v) is 8.22. The number of carbonyl (C=O) groups is 3. The average molecular weight is 433 g/mol. The highest BCUT2D eigenvalue weighted by atomic mass is 16.5. The number of rotatable bonds is 12. The zero-order valence-electron chi connectivity index (χ0n) is 19.6. The van der Waals surface area contributed by atoms with E-state index in [9.17, 15) is 14.4 Å². The van der Waals surface area contributed by atoms with E-state index < -0.39 is 11.4 Å². The number of nitrogens with one attached hydrogen (secondary N) is 2. The van der Waals surface area contributed by atoms with Crippen LogP contribution in [0, 0.1) is 0 Å². The number of amides is 1. The van der Waals surface area contributed by atoms with Crippen LogP contribution in [0.4, 0.5) is 5.69 Å². The minimum atomic E-state index is -0.466. The predicted molar refractivity (Wildman–Crippen MR) is 123 cm³/mol. The first-order chi connectivity index (χ1) is 14.6. The van der Waals surface area contributed by atoms with E-state index >= 15 is 0 Å². The summed E-state index contributed by atoms with van der Waals surface area (Å²) in [5.41, 5.74) is 0.934. The first-order valence-corrected chi connectivity index (χ1v) is 10.8. The molecule has 0 unspecified atom stereocenters. The minimum Gasteiger partial charge on any atom is -0.492 e. The highest BCUT2D eigenvalue weighted by molar-refractivity contribution is 6.22.